The molecule has 347 valence electrons. The molecular weight excluding hydrogens is 935 g/mol. The maximum atomic E-state index is 9.45. The van der Waals surface area contributed by atoms with Crippen LogP contribution in [0.4, 0.5) is 0 Å². The molecule has 4 heteroatoms. The van der Waals surface area contributed by atoms with Gasteiger partial charge in [-0.3, -0.25) is 0 Å². The fourth-order valence-corrected chi connectivity index (χ4v) is 49.3. The van der Waals surface area contributed by atoms with Gasteiger partial charge in [0, 0.05) is 0 Å². The normalized spacial score (nSPS) is 33.5. The Hall–Kier alpha value is -1.96. The van der Waals surface area contributed by atoms with Crippen molar-refractivity contribution in [3.8, 4) is 22.3 Å². The van der Waals surface area contributed by atoms with Crippen LogP contribution in [0.2, 0.25) is 13.1 Å². The van der Waals surface area contributed by atoms with Gasteiger partial charge in [0.15, 0.2) is 0 Å². The van der Waals surface area contributed by atoms with E-state index in [0.29, 0.717) is 10.8 Å². The van der Waals surface area contributed by atoms with E-state index in [9.17, 15) is 17.0 Å². The topological polar surface area (TPSA) is 0 Å². The van der Waals surface area contributed by atoms with E-state index >= 15 is 0 Å². The Labute approximate surface area is 408 Å². The zero-order valence-electron chi connectivity index (χ0n) is 41.6. The first-order chi connectivity index (χ1) is 31.3. The SMILES string of the molecule is C[SiH](C)[Zr]([Cl])([Cl])([CH]1C(CC23CC4CC(CC(C4)C2)C3)=Cc2c(-c3ccc(C(C)(C)C)cc3)cccc21)[CH]1C(CC23CC4CC(CC(C4)C2)C3)=Cc2c(-c3ccc(C(C)(C)C)cc3)cccc21. The summed E-state index contributed by atoms with van der Waals surface area (Å²) in [6, 6.07) is 33.7. The van der Waals surface area contributed by atoms with E-state index in [1.54, 1.807) is 11.1 Å². The Morgan fingerprint density at radius 1 is 0.485 bits per heavy atom. The molecule has 2 atom stereocenters. The van der Waals surface area contributed by atoms with Crippen LogP contribution in [0.1, 0.15) is 172 Å². The van der Waals surface area contributed by atoms with Crippen molar-refractivity contribution in [3.63, 3.8) is 0 Å². The molecule has 0 amide bonds. The van der Waals surface area contributed by atoms with E-state index in [1.807, 2.05) is 0 Å². The summed E-state index contributed by atoms with van der Waals surface area (Å²) in [7, 11) is 18.9. The number of rotatable bonds is 9. The van der Waals surface area contributed by atoms with Crippen molar-refractivity contribution in [2.45, 2.75) is 163 Å². The predicted molar refractivity (Wildman–Crippen MR) is 284 cm³/mol. The summed E-state index contributed by atoms with van der Waals surface area (Å²) in [5.74, 6) is 3.71. The quantitative estimate of drug-likeness (QED) is 0.147. The van der Waals surface area contributed by atoms with E-state index < -0.39 is 21.5 Å². The van der Waals surface area contributed by atoms with E-state index in [4.69, 9.17) is 0 Å². The minimum absolute atomic E-state index is 0.113. The summed E-state index contributed by atoms with van der Waals surface area (Å²) in [5.41, 5.74) is 18.2. The molecular formula is C62H77Cl2SiZr. The molecule has 8 fully saturated rings. The molecule has 8 saturated carbocycles. The van der Waals surface area contributed by atoms with Gasteiger partial charge in [-0.15, -0.1) is 0 Å². The first-order valence-corrected chi connectivity index (χ1v) is 43.0. The molecule has 4 aromatic carbocycles. The third-order valence-corrected chi connectivity index (χ3v) is 72.0. The average molecular weight is 1010 g/mol. The van der Waals surface area contributed by atoms with Gasteiger partial charge in [0.2, 0.25) is 0 Å². The van der Waals surface area contributed by atoms with Crippen LogP contribution >= 0.6 is 17.0 Å². The van der Waals surface area contributed by atoms with Crippen LogP contribution < -0.4 is 0 Å². The molecule has 0 nitrogen and oxygen atoms in total. The summed E-state index contributed by atoms with van der Waals surface area (Å²) in [6.07, 6.45) is 25.2. The number of hydrogen-bond donors (Lipinski definition) is 0. The van der Waals surface area contributed by atoms with Gasteiger partial charge in [0.25, 0.3) is 0 Å². The zero-order chi connectivity index (χ0) is 45.8. The van der Waals surface area contributed by atoms with Crippen molar-refractivity contribution < 1.29 is 15.6 Å². The van der Waals surface area contributed by atoms with E-state index in [-0.39, 0.29) is 18.1 Å². The van der Waals surface area contributed by atoms with Gasteiger partial charge in [-0.2, -0.15) is 0 Å². The van der Waals surface area contributed by atoms with Crippen molar-refractivity contribution in [3.05, 3.63) is 129 Å². The molecule has 14 rings (SSSR count). The van der Waals surface area contributed by atoms with Gasteiger partial charge in [0.1, 0.15) is 0 Å². The molecule has 10 aliphatic rings. The van der Waals surface area contributed by atoms with Gasteiger partial charge in [-0.05, 0) is 0 Å². The minimum atomic E-state index is -5.16. The molecule has 10 aliphatic carbocycles. The molecule has 0 N–H and O–H groups in total. The Morgan fingerprint density at radius 3 is 1.09 bits per heavy atom. The first-order valence-electron chi connectivity index (χ1n) is 26.7. The second-order valence-electron chi connectivity index (χ2n) is 27.1. The zero-order valence-corrected chi connectivity index (χ0v) is 46.7. The first kappa shape index (κ1) is 45.2. The molecule has 0 saturated heterocycles. The maximum absolute atomic E-state index is 9.45. The number of hydrogen-bond acceptors (Lipinski definition) is 0. The van der Waals surface area contributed by atoms with Crippen LogP contribution in [0.25, 0.3) is 34.4 Å². The molecule has 2 unspecified atom stereocenters. The second-order valence-corrected chi connectivity index (χ2v) is 69.7. The summed E-state index contributed by atoms with van der Waals surface area (Å²) in [6.45, 7) is 19.2. The standard InChI is InChI=1S/2C30H35.C2H7Si.2ClH.Zr/c2*1-29(2,3)26-9-7-24(8-10-26)27-6-4-5-25-14-23(15-28(25)27)19-30-16-20-11-21(17-30)13-22(12-20)18-30;1-3-2;;;/h2*4-10,14-15,20-22H,11-13,16-19H2,1-3H3;3H,1-2H3;2*1H;/q;;;;;+2/p-2. The number of halogens is 2. The van der Waals surface area contributed by atoms with Crippen LogP contribution in [0.3, 0.4) is 0 Å². The van der Waals surface area contributed by atoms with Gasteiger partial charge in [0.05, 0.1) is 0 Å². The number of fused-ring (bicyclic) bond motifs is 2. The number of benzene rings is 4. The van der Waals surface area contributed by atoms with Crippen molar-refractivity contribution >= 4 is 35.1 Å². The molecule has 0 spiro atoms. The Morgan fingerprint density at radius 2 is 0.803 bits per heavy atom. The third kappa shape index (κ3) is 7.29. The van der Waals surface area contributed by atoms with E-state index in [0.717, 1.165) is 35.5 Å². The van der Waals surface area contributed by atoms with Crippen molar-refractivity contribution in [1.29, 1.82) is 0 Å². The van der Waals surface area contributed by atoms with Crippen LogP contribution in [0.5, 0.6) is 0 Å². The summed E-state index contributed by atoms with van der Waals surface area (Å²) in [4.78, 5) is 0. The van der Waals surface area contributed by atoms with Crippen LogP contribution in [0, 0.1) is 46.3 Å². The van der Waals surface area contributed by atoms with Crippen molar-refractivity contribution in [2.24, 2.45) is 46.3 Å². The van der Waals surface area contributed by atoms with E-state index in [2.05, 4.69) is 152 Å². The third-order valence-electron chi connectivity index (χ3n) is 20.1. The van der Waals surface area contributed by atoms with Crippen molar-refractivity contribution in [1.82, 2.24) is 0 Å². The van der Waals surface area contributed by atoms with Gasteiger partial charge in [-0.1, -0.05) is 0 Å². The van der Waals surface area contributed by atoms with Crippen LogP contribution in [-0.4, -0.2) is 5.92 Å². The molecule has 8 bridgehead atoms. The summed E-state index contributed by atoms with van der Waals surface area (Å²) in [5, 5.41) is 0. The Bertz CT molecular complexity index is 2400. The molecule has 4 aromatic rings. The van der Waals surface area contributed by atoms with Gasteiger partial charge >= 0.3 is 411 Å². The summed E-state index contributed by atoms with van der Waals surface area (Å²) < 4.78 is 0.257. The Kier molecular flexibility index (Phi) is 10.6. The van der Waals surface area contributed by atoms with Crippen LogP contribution in [0.15, 0.2) is 96.1 Å². The monoisotopic (exact) mass is 1010 g/mol. The van der Waals surface area contributed by atoms with Crippen LogP contribution in [-0.2, 0) is 26.4 Å². The summed E-state index contributed by atoms with van der Waals surface area (Å²) >= 11 is -5.16. The molecule has 0 aromatic heterocycles. The van der Waals surface area contributed by atoms with Gasteiger partial charge < -0.3 is 0 Å². The second kappa shape index (κ2) is 15.5. The fraction of sp³-hybridized carbons (Fsp3) is 0.548. The van der Waals surface area contributed by atoms with Crippen molar-refractivity contribution in [2.75, 3.05) is 0 Å². The number of allylic oxidation sites excluding steroid dienone is 2. The Balaban J connectivity index is 1.04. The molecule has 0 aliphatic heterocycles. The average Bonchev–Trinajstić information content (AvgIpc) is 3.80. The van der Waals surface area contributed by atoms with E-state index in [1.165, 1.54) is 146 Å². The van der Waals surface area contributed by atoms with Gasteiger partial charge in [-0.25, -0.2) is 0 Å². The fourth-order valence-electron chi connectivity index (χ4n) is 18.1. The molecule has 66 heavy (non-hydrogen) atoms. The molecule has 0 radical (unpaired) electrons. The predicted octanol–water partition coefficient (Wildman–Crippen LogP) is 18.4. The molecule has 0 heterocycles.